The molecule has 0 radical (unpaired) electrons. The van der Waals surface area contributed by atoms with Crippen LogP contribution >= 0.6 is 11.6 Å². The van der Waals surface area contributed by atoms with Crippen molar-refractivity contribution in [3.05, 3.63) is 28.8 Å². The monoisotopic (exact) mass is 199 g/mol. The normalized spacial score (nSPS) is 11.5. The summed E-state index contributed by atoms with van der Waals surface area (Å²) in [6.45, 7) is 3.88. The SMILES string of the molecule is COc1cc(C(C)(C)N)ccc1Cl. The van der Waals surface area contributed by atoms with Gasteiger partial charge in [-0.1, -0.05) is 17.7 Å². The number of ether oxygens (including phenoxy) is 1. The quantitative estimate of drug-likeness (QED) is 0.795. The molecule has 0 aliphatic carbocycles. The minimum Gasteiger partial charge on any atom is -0.495 e. The lowest BCUT2D eigenvalue weighted by Gasteiger charge is -2.19. The van der Waals surface area contributed by atoms with Crippen LogP contribution in [0.4, 0.5) is 0 Å². The first-order valence-electron chi connectivity index (χ1n) is 4.08. The van der Waals surface area contributed by atoms with Crippen LogP contribution in [0, 0.1) is 0 Å². The van der Waals surface area contributed by atoms with Gasteiger partial charge in [-0.2, -0.15) is 0 Å². The van der Waals surface area contributed by atoms with Gasteiger partial charge in [-0.25, -0.2) is 0 Å². The lowest BCUT2D eigenvalue weighted by Crippen LogP contribution is -2.28. The Hall–Kier alpha value is -0.730. The van der Waals surface area contributed by atoms with Gasteiger partial charge in [0.05, 0.1) is 12.1 Å². The first-order chi connectivity index (χ1) is 5.95. The van der Waals surface area contributed by atoms with Crippen molar-refractivity contribution in [1.82, 2.24) is 0 Å². The van der Waals surface area contributed by atoms with E-state index in [9.17, 15) is 0 Å². The van der Waals surface area contributed by atoms with Gasteiger partial charge in [0.15, 0.2) is 0 Å². The summed E-state index contributed by atoms with van der Waals surface area (Å²) >= 11 is 5.88. The lowest BCUT2D eigenvalue weighted by molar-refractivity contribution is 0.412. The van der Waals surface area contributed by atoms with Crippen molar-refractivity contribution >= 4 is 11.6 Å². The van der Waals surface area contributed by atoms with Gasteiger partial charge < -0.3 is 10.5 Å². The van der Waals surface area contributed by atoms with Crippen LogP contribution in [0.15, 0.2) is 18.2 Å². The Bertz CT molecular complexity index is 304. The van der Waals surface area contributed by atoms with E-state index in [1.807, 2.05) is 26.0 Å². The summed E-state index contributed by atoms with van der Waals surface area (Å²) in [7, 11) is 1.59. The molecule has 1 aromatic carbocycles. The molecule has 3 heteroatoms. The molecule has 0 aromatic heterocycles. The molecule has 0 fully saturated rings. The molecule has 0 aliphatic rings. The molecule has 72 valence electrons. The van der Waals surface area contributed by atoms with Crippen LogP contribution in [0.3, 0.4) is 0 Å². The van der Waals surface area contributed by atoms with E-state index in [0.717, 1.165) is 5.56 Å². The molecule has 0 saturated heterocycles. The highest BCUT2D eigenvalue weighted by atomic mass is 35.5. The van der Waals surface area contributed by atoms with Gasteiger partial charge in [0.2, 0.25) is 0 Å². The minimum atomic E-state index is -0.363. The smallest absolute Gasteiger partial charge is 0.137 e. The third kappa shape index (κ3) is 2.36. The Balaban J connectivity index is 3.14. The highest BCUT2D eigenvalue weighted by Crippen LogP contribution is 2.28. The summed E-state index contributed by atoms with van der Waals surface area (Å²) in [5, 5.41) is 0.607. The third-order valence-corrected chi connectivity index (χ3v) is 2.21. The van der Waals surface area contributed by atoms with Crippen molar-refractivity contribution in [2.75, 3.05) is 7.11 Å². The summed E-state index contributed by atoms with van der Waals surface area (Å²) in [5.41, 5.74) is 6.58. The molecule has 0 aliphatic heterocycles. The van der Waals surface area contributed by atoms with Crippen molar-refractivity contribution in [3.8, 4) is 5.75 Å². The Kier molecular flexibility index (Phi) is 2.84. The van der Waals surface area contributed by atoms with E-state index in [1.165, 1.54) is 0 Å². The number of rotatable bonds is 2. The number of halogens is 1. The van der Waals surface area contributed by atoms with Crippen molar-refractivity contribution in [2.24, 2.45) is 5.73 Å². The standard InChI is InChI=1S/C10H14ClNO/c1-10(2,12)7-4-5-8(11)9(6-7)13-3/h4-6H,12H2,1-3H3. The molecule has 0 atom stereocenters. The highest BCUT2D eigenvalue weighted by molar-refractivity contribution is 6.32. The predicted octanol–water partition coefficient (Wildman–Crippen LogP) is 2.54. The van der Waals surface area contributed by atoms with Gasteiger partial charge in [0.25, 0.3) is 0 Å². The molecule has 2 nitrogen and oxygen atoms in total. The van der Waals surface area contributed by atoms with Crippen LogP contribution < -0.4 is 10.5 Å². The van der Waals surface area contributed by atoms with Crippen LogP contribution in [0.2, 0.25) is 5.02 Å². The second-order valence-electron chi connectivity index (χ2n) is 3.57. The molecule has 0 unspecified atom stereocenters. The maximum atomic E-state index is 5.93. The number of nitrogens with two attached hydrogens (primary N) is 1. The molecular formula is C10H14ClNO. The Morgan fingerprint density at radius 2 is 2.00 bits per heavy atom. The van der Waals surface area contributed by atoms with Gasteiger partial charge in [0, 0.05) is 5.54 Å². The third-order valence-electron chi connectivity index (χ3n) is 1.90. The van der Waals surface area contributed by atoms with Crippen LogP contribution in [0.5, 0.6) is 5.75 Å². The van der Waals surface area contributed by atoms with Gasteiger partial charge in [0.1, 0.15) is 5.75 Å². The second kappa shape index (κ2) is 3.56. The Morgan fingerprint density at radius 3 is 2.46 bits per heavy atom. The fraction of sp³-hybridized carbons (Fsp3) is 0.400. The first-order valence-corrected chi connectivity index (χ1v) is 4.46. The maximum Gasteiger partial charge on any atom is 0.137 e. The largest absolute Gasteiger partial charge is 0.495 e. The summed E-state index contributed by atoms with van der Waals surface area (Å²) in [6.07, 6.45) is 0. The van der Waals surface area contributed by atoms with E-state index in [0.29, 0.717) is 10.8 Å². The van der Waals surface area contributed by atoms with Gasteiger partial charge in [-0.05, 0) is 31.5 Å². The molecule has 1 aromatic rings. The lowest BCUT2D eigenvalue weighted by atomic mass is 9.96. The molecule has 0 saturated carbocycles. The molecular weight excluding hydrogens is 186 g/mol. The highest BCUT2D eigenvalue weighted by Gasteiger charge is 2.15. The number of hydrogen-bond donors (Lipinski definition) is 1. The fourth-order valence-corrected chi connectivity index (χ4v) is 1.26. The van der Waals surface area contributed by atoms with Crippen molar-refractivity contribution in [3.63, 3.8) is 0 Å². The number of benzene rings is 1. The van der Waals surface area contributed by atoms with E-state index < -0.39 is 0 Å². The maximum absolute atomic E-state index is 5.93. The van der Waals surface area contributed by atoms with Crippen LogP contribution in [0.1, 0.15) is 19.4 Å². The number of methoxy groups -OCH3 is 1. The Labute approximate surface area is 83.6 Å². The molecule has 0 bridgehead atoms. The zero-order valence-electron chi connectivity index (χ0n) is 8.10. The van der Waals surface area contributed by atoms with E-state index in [-0.39, 0.29) is 5.54 Å². The van der Waals surface area contributed by atoms with E-state index in [1.54, 1.807) is 13.2 Å². The zero-order valence-corrected chi connectivity index (χ0v) is 8.85. The second-order valence-corrected chi connectivity index (χ2v) is 3.98. The molecule has 1 rings (SSSR count). The topological polar surface area (TPSA) is 35.2 Å². The van der Waals surface area contributed by atoms with Crippen molar-refractivity contribution in [1.29, 1.82) is 0 Å². The minimum absolute atomic E-state index is 0.363. The number of hydrogen-bond acceptors (Lipinski definition) is 2. The average Bonchev–Trinajstić information content (AvgIpc) is 2.03. The van der Waals surface area contributed by atoms with Gasteiger partial charge in [-0.15, -0.1) is 0 Å². The Morgan fingerprint density at radius 1 is 1.38 bits per heavy atom. The van der Waals surface area contributed by atoms with Crippen LogP contribution in [-0.2, 0) is 5.54 Å². The molecule has 0 heterocycles. The zero-order chi connectivity index (χ0) is 10.1. The molecule has 2 N–H and O–H groups in total. The van der Waals surface area contributed by atoms with Gasteiger partial charge in [-0.3, -0.25) is 0 Å². The first kappa shape index (κ1) is 10.4. The van der Waals surface area contributed by atoms with E-state index in [4.69, 9.17) is 22.1 Å². The molecule has 13 heavy (non-hydrogen) atoms. The summed E-state index contributed by atoms with van der Waals surface area (Å²) < 4.78 is 5.09. The van der Waals surface area contributed by atoms with Crippen LogP contribution in [-0.4, -0.2) is 7.11 Å². The van der Waals surface area contributed by atoms with Gasteiger partial charge >= 0.3 is 0 Å². The summed E-state index contributed by atoms with van der Waals surface area (Å²) in [6, 6.07) is 5.57. The van der Waals surface area contributed by atoms with Crippen LogP contribution in [0.25, 0.3) is 0 Å². The van der Waals surface area contributed by atoms with Crippen molar-refractivity contribution < 1.29 is 4.74 Å². The summed E-state index contributed by atoms with van der Waals surface area (Å²) in [5.74, 6) is 0.665. The fourth-order valence-electron chi connectivity index (χ4n) is 1.06. The molecule has 0 amide bonds. The van der Waals surface area contributed by atoms with Crippen molar-refractivity contribution in [2.45, 2.75) is 19.4 Å². The molecule has 0 spiro atoms. The van der Waals surface area contributed by atoms with E-state index in [2.05, 4.69) is 0 Å². The predicted molar refractivity (Wildman–Crippen MR) is 55.2 cm³/mol. The average molecular weight is 200 g/mol. The summed E-state index contributed by atoms with van der Waals surface area (Å²) in [4.78, 5) is 0. The van der Waals surface area contributed by atoms with E-state index >= 15 is 0 Å².